The lowest BCUT2D eigenvalue weighted by atomic mass is 9.98. The quantitative estimate of drug-likeness (QED) is 0.634. The molecule has 0 fully saturated rings. The van der Waals surface area contributed by atoms with Crippen molar-refractivity contribution in [2.45, 2.75) is 32.6 Å². The molecule has 1 unspecified atom stereocenters. The first-order chi connectivity index (χ1) is 10.9. The van der Waals surface area contributed by atoms with E-state index in [0.29, 0.717) is 5.92 Å². The van der Waals surface area contributed by atoms with Gasteiger partial charge in [-0.05, 0) is 44.0 Å². The Balaban J connectivity index is 0.000000379. The molecular formula is C17H24N2O4. The predicted molar refractivity (Wildman–Crippen MR) is 89.9 cm³/mol. The van der Waals surface area contributed by atoms with Crippen LogP contribution in [0, 0.1) is 0 Å². The van der Waals surface area contributed by atoms with Gasteiger partial charge < -0.3 is 20.5 Å². The number of H-pyrrole nitrogens is 1. The minimum Gasteiger partial charge on any atom is -0.473 e. The van der Waals surface area contributed by atoms with Crippen LogP contribution in [0.25, 0.3) is 10.9 Å². The second kappa shape index (κ2) is 8.95. The Bertz CT molecular complexity index is 652. The van der Waals surface area contributed by atoms with Gasteiger partial charge in [0.05, 0.1) is 0 Å². The highest BCUT2D eigenvalue weighted by atomic mass is 16.4. The Kier molecular flexibility index (Phi) is 7.28. The Morgan fingerprint density at radius 3 is 2.35 bits per heavy atom. The van der Waals surface area contributed by atoms with Crippen molar-refractivity contribution in [3.63, 3.8) is 0 Å². The first kappa shape index (κ1) is 18.7. The molecule has 0 bridgehead atoms. The molecule has 6 nitrogen and oxygen atoms in total. The molecule has 6 heteroatoms. The smallest absolute Gasteiger partial charge is 0.414 e. The molecule has 23 heavy (non-hydrogen) atoms. The number of aromatic nitrogens is 1. The highest BCUT2D eigenvalue weighted by Gasteiger charge is 2.14. The van der Waals surface area contributed by atoms with E-state index >= 15 is 0 Å². The van der Waals surface area contributed by atoms with Gasteiger partial charge in [-0.25, -0.2) is 9.59 Å². The molecule has 1 heterocycles. The average Bonchev–Trinajstić information content (AvgIpc) is 2.91. The van der Waals surface area contributed by atoms with Crippen molar-refractivity contribution in [1.82, 2.24) is 10.3 Å². The van der Waals surface area contributed by atoms with Gasteiger partial charge in [-0.15, -0.1) is 0 Å². The van der Waals surface area contributed by atoms with Gasteiger partial charge in [0.1, 0.15) is 0 Å². The molecule has 0 saturated heterocycles. The molecule has 1 atom stereocenters. The van der Waals surface area contributed by atoms with Gasteiger partial charge in [-0.1, -0.05) is 32.0 Å². The maximum absolute atomic E-state index is 9.10. The molecule has 0 spiro atoms. The lowest BCUT2D eigenvalue weighted by Crippen LogP contribution is -2.11. The van der Waals surface area contributed by atoms with Gasteiger partial charge in [0, 0.05) is 16.6 Å². The van der Waals surface area contributed by atoms with E-state index in [-0.39, 0.29) is 0 Å². The van der Waals surface area contributed by atoms with E-state index in [9.17, 15) is 0 Å². The number of carboxylic acids is 2. The number of carboxylic acid groups (broad SMARTS) is 2. The van der Waals surface area contributed by atoms with E-state index in [1.165, 1.54) is 28.6 Å². The van der Waals surface area contributed by atoms with Gasteiger partial charge in [0.15, 0.2) is 0 Å². The molecule has 0 radical (unpaired) electrons. The first-order valence-corrected chi connectivity index (χ1v) is 7.62. The number of nitrogens with one attached hydrogen (secondary N) is 2. The largest absolute Gasteiger partial charge is 0.473 e. The molecule has 1 aromatic heterocycles. The third-order valence-corrected chi connectivity index (χ3v) is 3.76. The van der Waals surface area contributed by atoms with E-state index in [2.05, 4.69) is 48.4 Å². The fourth-order valence-corrected chi connectivity index (χ4v) is 2.36. The Labute approximate surface area is 135 Å². The summed E-state index contributed by atoms with van der Waals surface area (Å²) in [6.45, 7) is 5.58. The normalized spacial score (nSPS) is 11.6. The molecule has 1 aromatic carbocycles. The molecule has 0 aliphatic heterocycles. The predicted octanol–water partition coefficient (Wildman–Crippen LogP) is 2.60. The van der Waals surface area contributed by atoms with Crippen molar-refractivity contribution >= 4 is 22.8 Å². The number of likely N-dealkylation sites (N-methyl/N-ethyl adjacent to an activating group) is 1. The summed E-state index contributed by atoms with van der Waals surface area (Å²) < 4.78 is 0. The Morgan fingerprint density at radius 2 is 1.83 bits per heavy atom. The number of aromatic amines is 1. The zero-order valence-corrected chi connectivity index (χ0v) is 13.7. The van der Waals surface area contributed by atoms with Crippen LogP contribution in [0.1, 0.15) is 37.4 Å². The summed E-state index contributed by atoms with van der Waals surface area (Å²) in [6, 6.07) is 8.62. The number of hydrogen-bond donors (Lipinski definition) is 4. The second-order valence-corrected chi connectivity index (χ2v) is 5.34. The summed E-state index contributed by atoms with van der Waals surface area (Å²) in [5.41, 5.74) is 4.18. The lowest BCUT2D eigenvalue weighted by molar-refractivity contribution is -0.159. The number of hydrogen-bond acceptors (Lipinski definition) is 3. The molecule has 0 saturated carbocycles. The van der Waals surface area contributed by atoms with E-state index in [4.69, 9.17) is 19.8 Å². The van der Waals surface area contributed by atoms with Gasteiger partial charge in [-0.3, -0.25) is 0 Å². The average molecular weight is 320 g/mol. The zero-order chi connectivity index (χ0) is 17.4. The standard InChI is InChI=1S/C15H22N2.C2H2O4/c1-4-11(2)15-13(9-10-16-3)12-7-5-6-8-14(12)17-15;3-1(4)2(5)6/h5-8,11,16-17H,4,9-10H2,1-3H3;(H,3,4)(H,5,6). The summed E-state index contributed by atoms with van der Waals surface area (Å²) in [7, 11) is 2.01. The van der Waals surface area contributed by atoms with Gasteiger partial charge in [0.2, 0.25) is 0 Å². The van der Waals surface area contributed by atoms with Gasteiger partial charge in [0.25, 0.3) is 0 Å². The molecular weight excluding hydrogens is 296 g/mol. The second-order valence-electron chi connectivity index (χ2n) is 5.34. The van der Waals surface area contributed by atoms with Crippen molar-refractivity contribution < 1.29 is 19.8 Å². The fourth-order valence-electron chi connectivity index (χ4n) is 2.36. The summed E-state index contributed by atoms with van der Waals surface area (Å²) >= 11 is 0. The summed E-state index contributed by atoms with van der Waals surface area (Å²) in [5.74, 6) is -3.04. The van der Waals surface area contributed by atoms with Crippen LogP contribution >= 0.6 is 0 Å². The van der Waals surface area contributed by atoms with Gasteiger partial charge in [-0.2, -0.15) is 0 Å². The molecule has 4 N–H and O–H groups in total. The molecule has 0 amide bonds. The molecule has 126 valence electrons. The van der Waals surface area contributed by atoms with Crippen LogP contribution in [0.4, 0.5) is 0 Å². The molecule has 2 aromatic rings. The van der Waals surface area contributed by atoms with E-state index in [1.54, 1.807) is 0 Å². The molecule has 0 aliphatic carbocycles. The summed E-state index contributed by atoms with van der Waals surface area (Å²) in [4.78, 5) is 21.8. The Morgan fingerprint density at radius 1 is 1.22 bits per heavy atom. The van der Waals surface area contributed by atoms with Crippen LogP contribution in [0.3, 0.4) is 0 Å². The molecule has 0 aliphatic rings. The summed E-state index contributed by atoms with van der Waals surface area (Å²) in [5, 5.41) is 19.4. The van der Waals surface area contributed by atoms with Crippen LogP contribution in [0.2, 0.25) is 0 Å². The minimum atomic E-state index is -1.82. The fraction of sp³-hybridized carbons (Fsp3) is 0.412. The van der Waals surface area contributed by atoms with Gasteiger partial charge >= 0.3 is 11.9 Å². The third-order valence-electron chi connectivity index (χ3n) is 3.76. The van der Waals surface area contributed by atoms with Crippen LogP contribution in [0.5, 0.6) is 0 Å². The van der Waals surface area contributed by atoms with Crippen LogP contribution in [-0.2, 0) is 16.0 Å². The monoisotopic (exact) mass is 320 g/mol. The molecule has 2 rings (SSSR count). The van der Waals surface area contributed by atoms with E-state index < -0.39 is 11.9 Å². The maximum atomic E-state index is 9.10. The first-order valence-electron chi connectivity index (χ1n) is 7.62. The Hall–Kier alpha value is -2.34. The number of fused-ring (bicyclic) bond motifs is 1. The highest BCUT2D eigenvalue weighted by Crippen LogP contribution is 2.29. The third kappa shape index (κ3) is 5.10. The highest BCUT2D eigenvalue weighted by molar-refractivity contribution is 6.27. The summed E-state index contributed by atoms with van der Waals surface area (Å²) in [6.07, 6.45) is 2.28. The van der Waals surface area contributed by atoms with Crippen molar-refractivity contribution in [1.29, 1.82) is 0 Å². The topological polar surface area (TPSA) is 102 Å². The zero-order valence-electron chi connectivity index (χ0n) is 13.7. The SMILES string of the molecule is CCC(C)c1[nH]c2ccccc2c1CCNC.O=C(O)C(=O)O. The minimum absolute atomic E-state index is 0.606. The van der Waals surface area contributed by atoms with E-state index in [0.717, 1.165) is 13.0 Å². The number of carbonyl (C=O) groups is 2. The van der Waals surface area contributed by atoms with Crippen molar-refractivity contribution in [2.75, 3.05) is 13.6 Å². The van der Waals surface area contributed by atoms with Crippen molar-refractivity contribution in [3.8, 4) is 0 Å². The van der Waals surface area contributed by atoms with Crippen LogP contribution in [-0.4, -0.2) is 40.7 Å². The number of aliphatic carboxylic acids is 2. The maximum Gasteiger partial charge on any atom is 0.414 e. The van der Waals surface area contributed by atoms with Crippen molar-refractivity contribution in [2.24, 2.45) is 0 Å². The number of para-hydroxylation sites is 1. The van der Waals surface area contributed by atoms with Crippen LogP contribution < -0.4 is 5.32 Å². The number of benzene rings is 1. The van der Waals surface area contributed by atoms with Crippen LogP contribution in [0.15, 0.2) is 24.3 Å². The number of rotatable bonds is 5. The van der Waals surface area contributed by atoms with Crippen molar-refractivity contribution in [3.05, 3.63) is 35.5 Å². The lowest BCUT2D eigenvalue weighted by Gasteiger charge is -2.10. The van der Waals surface area contributed by atoms with E-state index in [1.807, 2.05) is 7.05 Å².